The van der Waals surface area contributed by atoms with Crippen molar-refractivity contribution in [1.82, 2.24) is 9.88 Å². The molecule has 1 aliphatic heterocycles. The van der Waals surface area contributed by atoms with Gasteiger partial charge in [0, 0.05) is 35.1 Å². The topological polar surface area (TPSA) is 59.2 Å². The van der Waals surface area contributed by atoms with Gasteiger partial charge in [-0.2, -0.15) is 0 Å². The molecule has 1 saturated heterocycles. The number of likely N-dealkylation sites (tertiary alicyclic amines) is 1. The van der Waals surface area contributed by atoms with Crippen LogP contribution in [0.5, 0.6) is 0 Å². The van der Waals surface area contributed by atoms with Gasteiger partial charge in [-0.3, -0.25) is 4.79 Å². The lowest BCUT2D eigenvalue weighted by Gasteiger charge is -2.37. The number of hydrogen-bond acceptors (Lipinski definition) is 4. The van der Waals surface area contributed by atoms with E-state index in [-0.39, 0.29) is 36.8 Å². The average molecular weight is 423 g/mol. The molecule has 8 heteroatoms. The van der Waals surface area contributed by atoms with Crippen LogP contribution in [0.4, 0.5) is 0 Å². The summed E-state index contributed by atoms with van der Waals surface area (Å²) in [7, 11) is 0. The standard InChI is InChI=1S/C17H20ClN3OS.2ClH/c1-11-6-7-21(14(8-11)9-19)17(22)15-10-23-16(20-15)12-2-4-13(18)5-3-12;;/h2-5,10-11,14H,6-9,19H2,1H3;2*1H. The number of nitrogens with zero attached hydrogens (tertiary/aromatic N) is 2. The van der Waals surface area contributed by atoms with E-state index in [0.717, 1.165) is 30.0 Å². The summed E-state index contributed by atoms with van der Waals surface area (Å²) in [5, 5.41) is 3.35. The van der Waals surface area contributed by atoms with E-state index in [1.807, 2.05) is 34.5 Å². The number of amides is 1. The molecule has 3 rings (SSSR count). The van der Waals surface area contributed by atoms with Crippen molar-refractivity contribution >= 4 is 53.7 Å². The minimum absolute atomic E-state index is 0. The van der Waals surface area contributed by atoms with Crippen LogP contribution in [0.2, 0.25) is 5.02 Å². The molecule has 1 fully saturated rings. The van der Waals surface area contributed by atoms with E-state index >= 15 is 0 Å². The van der Waals surface area contributed by atoms with E-state index in [0.29, 0.717) is 23.2 Å². The molecule has 2 aromatic rings. The van der Waals surface area contributed by atoms with Gasteiger partial charge in [-0.25, -0.2) is 4.98 Å². The Morgan fingerprint density at radius 3 is 2.68 bits per heavy atom. The van der Waals surface area contributed by atoms with Crippen molar-refractivity contribution in [2.45, 2.75) is 25.8 Å². The average Bonchev–Trinajstić information content (AvgIpc) is 3.04. The molecule has 1 aromatic heterocycles. The number of halogens is 3. The third-order valence-electron chi connectivity index (χ3n) is 4.33. The Hall–Kier alpha value is -0.850. The zero-order chi connectivity index (χ0) is 16.4. The largest absolute Gasteiger partial charge is 0.333 e. The van der Waals surface area contributed by atoms with Crippen molar-refractivity contribution < 1.29 is 4.79 Å². The van der Waals surface area contributed by atoms with Crippen LogP contribution < -0.4 is 5.73 Å². The Kier molecular flexibility index (Phi) is 8.64. The smallest absolute Gasteiger partial charge is 0.273 e. The summed E-state index contributed by atoms with van der Waals surface area (Å²) in [5.74, 6) is 0.608. The fraction of sp³-hybridized carbons (Fsp3) is 0.412. The van der Waals surface area contributed by atoms with E-state index < -0.39 is 0 Å². The lowest BCUT2D eigenvalue weighted by molar-refractivity contribution is 0.0568. The maximum absolute atomic E-state index is 12.8. The highest BCUT2D eigenvalue weighted by atomic mass is 35.5. The zero-order valence-corrected chi connectivity index (χ0v) is 17.1. The molecular formula is C17H22Cl3N3OS. The van der Waals surface area contributed by atoms with Crippen molar-refractivity contribution in [1.29, 1.82) is 0 Å². The van der Waals surface area contributed by atoms with Crippen molar-refractivity contribution in [3.05, 3.63) is 40.4 Å². The Bertz CT molecular complexity index is 693. The molecule has 0 radical (unpaired) electrons. The van der Waals surface area contributed by atoms with Gasteiger partial charge in [-0.15, -0.1) is 36.2 Å². The maximum atomic E-state index is 12.8. The van der Waals surface area contributed by atoms with Gasteiger partial charge in [0.05, 0.1) is 0 Å². The summed E-state index contributed by atoms with van der Waals surface area (Å²) in [6.45, 7) is 3.48. The molecule has 2 atom stereocenters. The highest BCUT2D eigenvalue weighted by Gasteiger charge is 2.30. The lowest BCUT2D eigenvalue weighted by atomic mass is 9.92. The zero-order valence-electron chi connectivity index (χ0n) is 13.9. The first-order valence-electron chi connectivity index (χ1n) is 7.81. The Labute approximate surface area is 169 Å². The van der Waals surface area contributed by atoms with E-state index in [4.69, 9.17) is 17.3 Å². The summed E-state index contributed by atoms with van der Waals surface area (Å²) in [4.78, 5) is 19.2. The minimum Gasteiger partial charge on any atom is -0.333 e. The summed E-state index contributed by atoms with van der Waals surface area (Å²) in [6.07, 6.45) is 1.99. The van der Waals surface area contributed by atoms with Gasteiger partial charge in [0.15, 0.2) is 0 Å². The predicted molar refractivity (Wildman–Crippen MR) is 109 cm³/mol. The molecule has 0 aliphatic carbocycles. The van der Waals surface area contributed by atoms with Gasteiger partial charge in [0.2, 0.25) is 0 Å². The SMILES string of the molecule is CC1CCN(C(=O)c2csc(-c3ccc(Cl)cc3)n2)C(CN)C1.Cl.Cl. The van der Waals surface area contributed by atoms with Crippen LogP contribution in [0, 0.1) is 5.92 Å². The number of nitrogens with two attached hydrogens (primary N) is 1. The third kappa shape index (κ3) is 5.08. The van der Waals surface area contributed by atoms with Crippen LogP contribution in [0.3, 0.4) is 0 Å². The summed E-state index contributed by atoms with van der Waals surface area (Å²) < 4.78 is 0. The molecule has 1 amide bonds. The summed E-state index contributed by atoms with van der Waals surface area (Å²) >= 11 is 7.39. The number of thiazole rings is 1. The highest BCUT2D eigenvalue weighted by Crippen LogP contribution is 2.28. The molecule has 2 unspecified atom stereocenters. The first kappa shape index (κ1) is 22.2. The van der Waals surface area contributed by atoms with Crippen LogP contribution in [-0.2, 0) is 0 Å². The molecule has 2 N–H and O–H groups in total. The summed E-state index contributed by atoms with van der Waals surface area (Å²) in [6, 6.07) is 7.61. The van der Waals surface area contributed by atoms with Gasteiger partial charge in [-0.1, -0.05) is 30.7 Å². The van der Waals surface area contributed by atoms with Crippen LogP contribution in [0.1, 0.15) is 30.3 Å². The predicted octanol–water partition coefficient (Wildman–Crippen LogP) is 4.51. The Balaban J connectivity index is 0.00000156. The number of hydrogen-bond donors (Lipinski definition) is 1. The number of benzene rings is 1. The molecule has 0 saturated carbocycles. The van der Waals surface area contributed by atoms with Gasteiger partial charge >= 0.3 is 0 Å². The van der Waals surface area contributed by atoms with Crippen molar-refractivity contribution in [3.63, 3.8) is 0 Å². The van der Waals surface area contributed by atoms with Crippen molar-refractivity contribution in [3.8, 4) is 10.6 Å². The summed E-state index contributed by atoms with van der Waals surface area (Å²) in [5.41, 5.74) is 7.34. The lowest BCUT2D eigenvalue weighted by Crippen LogP contribution is -2.49. The van der Waals surface area contributed by atoms with Crippen molar-refractivity contribution in [2.24, 2.45) is 11.7 Å². The van der Waals surface area contributed by atoms with Crippen LogP contribution >= 0.6 is 47.8 Å². The number of piperidine rings is 1. The molecule has 4 nitrogen and oxygen atoms in total. The molecular weight excluding hydrogens is 401 g/mol. The molecule has 1 aliphatic rings. The maximum Gasteiger partial charge on any atom is 0.273 e. The van der Waals surface area contributed by atoms with Crippen LogP contribution in [0.15, 0.2) is 29.6 Å². The molecule has 138 valence electrons. The van der Waals surface area contributed by atoms with Crippen LogP contribution in [0.25, 0.3) is 10.6 Å². The fourth-order valence-corrected chi connectivity index (χ4v) is 3.91. The number of carbonyl (C=O) groups excluding carboxylic acids is 1. The molecule has 0 spiro atoms. The van der Waals surface area contributed by atoms with E-state index in [2.05, 4.69) is 11.9 Å². The second-order valence-corrected chi connectivity index (χ2v) is 7.36. The Morgan fingerprint density at radius 2 is 2.04 bits per heavy atom. The molecule has 2 heterocycles. The van der Waals surface area contributed by atoms with E-state index in [1.165, 1.54) is 11.3 Å². The minimum atomic E-state index is -0.0104. The quantitative estimate of drug-likeness (QED) is 0.792. The van der Waals surface area contributed by atoms with Gasteiger partial charge in [-0.05, 0) is 30.9 Å². The van der Waals surface area contributed by atoms with E-state index in [1.54, 1.807) is 0 Å². The highest BCUT2D eigenvalue weighted by molar-refractivity contribution is 7.13. The van der Waals surface area contributed by atoms with Gasteiger partial charge in [0.25, 0.3) is 5.91 Å². The monoisotopic (exact) mass is 421 g/mol. The van der Waals surface area contributed by atoms with Crippen molar-refractivity contribution in [2.75, 3.05) is 13.1 Å². The number of aromatic nitrogens is 1. The van der Waals surface area contributed by atoms with E-state index in [9.17, 15) is 4.79 Å². The second-order valence-electron chi connectivity index (χ2n) is 6.06. The molecule has 0 bridgehead atoms. The molecule has 1 aromatic carbocycles. The third-order valence-corrected chi connectivity index (χ3v) is 5.47. The second kappa shape index (κ2) is 9.74. The normalized spacial score (nSPS) is 19.7. The van der Waals surface area contributed by atoms with Gasteiger partial charge in [0.1, 0.15) is 10.7 Å². The van der Waals surface area contributed by atoms with Crippen LogP contribution in [-0.4, -0.2) is 34.9 Å². The van der Waals surface area contributed by atoms with Gasteiger partial charge < -0.3 is 10.6 Å². The Morgan fingerprint density at radius 1 is 1.36 bits per heavy atom. The first-order chi connectivity index (χ1) is 11.1. The fourth-order valence-electron chi connectivity index (χ4n) is 2.99. The number of carbonyl (C=O) groups is 1. The number of rotatable bonds is 3. The molecule has 25 heavy (non-hydrogen) atoms. The first-order valence-corrected chi connectivity index (χ1v) is 9.06.